The number of nitrogens with zero attached hydrogens (tertiary/aromatic N) is 3. The first-order valence-electron chi connectivity index (χ1n) is 4.67. The number of amides is 2. The molecule has 86 valence electrons. The summed E-state index contributed by atoms with van der Waals surface area (Å²) in [7, 11) is 0. The number of anilines is 1. The number of carbonyl (C=O) groups excluding carboxylic acids is 2. The molecule has 0 radical (unpaired) electrons. The Kier molecular flexibility index (Phi) is 2.57. The smallest absolute Gasteiger partial charge is 0.267 e. The van der Waals surface area contributed by atoms with Crippen molar-refractivity contribution in [1.29, 1.82) is 0 Å². The van der Waals surface area contributed by atoms with Gasteiger partial charge in [0.2, 0.25) is 0 Å². The second-order valence-electron chi connectivity index (χ2n) is 3.18. The number of hydrazine groups is 2. The van der Waals surface area contributed by atoms with Crippen LogP contribution in [-0.2, 0) is 9.59 Å². The van der Waals surface area contributed by atoms with E-state index in [4.69, 9.17) is 0 Å². The molecule has 0 bridgehead atoms. The summed E-state index contributed by atoms with van der Waals surface area (Å²) in [4.78, 5) is 33.7. The van der Waals surface area contributed by atoms with Gasteiger partial charge in [-0.25, -0.2) is 10.1 Å². The number of nitro groups is 1. The molecule has 7 heteroatoms. The third-order valence-electron chi connectivity index (χ3n) is 2.12. The van der Waals surface area contributed by atoms with Crippen molar-refractivity contribution in [3.05, 3.63) is 52.6 Å². The van der Waals surface area contributed by atoms with Gasteiger partial charge in [0.25, 0.3) is 11.8 Å². The Balaban J connectivity index is 2.41. The fraction of sp³-hybridized carbons (Fsp3) is 0. The van der Waals surface area contributed by atoms with Crippen LogP contribution < -0.4 is 5.12 Å². The van der Waals surface area contributed by atoms with Crippen molar-refractivity contribution >= 4 is 17.5 Å². The van der Waals surface area contributed by atoms with Crippen molar-refractivity contribution in [2.45, 2.75) is 0 Å². The Morgan fingerprint density at radius 1 is 1.06 bits per heavy atom. The molecular weight excluding hydrogens is 226 g/mol. The monoisotopic (exact) mass is 233 g/mol. The van der Waals surface area contributed by atoms with Gasteiger partial charge in [-0.1, -0.05) is 18.2 Å². The molecule has 0 saturated heterocycles. The van der Waals surface area contributed by atoms with E-state index in [0.717, 1.165) is 12.2 Å². The number of rotatable bonds is 3. The van der Waals surface area contributed by atoms with E-state index < -0.39 is 16.8 Å². The van der Waals surface area contributed by atoms with Crippen LogP contribution in [0, 0.1) is 10.1 Å². The van der Waals surface area contributed by atoms with Gasteiger partial charge in [0, 0.05) is 17.3 Å². The summed E-state index contributed by atoms with van der Waals surface area (Å²) in [6.07, 6.45) is 1.98. The lowest BCUT2D eigenvalue weighted by Gasteiger charge is -2.21. The van der Waals surface area contributed by atoms with Crippen molar-refractivity contribution in [2.75, 3.05) is 5.12 Å². The van der Waals surface area contributed by atoms with Crippen LogP contribution in [0.2, 0.25) is 0 Å². The predicted octanol–water partition coefficient (Wildman–Crippen LogP) is 0.525. The minimum absolute atomic E-state index is 0.128. The summed E-state index contributed by atoms with van der Waals surface area (Å²) >= 11 is 0. The van der Waals surface area contributed by atoms with Gasteiger partial charge >= 0.3 is 0 Å². The number of carbonyl (C=O) groups is 2. The number of hydrogen-bond donors (Lipinski definition) is 0. The largest absolute Gasteiger partial charge is 0.277 e. The van der Waals surface area contributed by atoms with E-state index in [-0.39, 0.29) is 5.69 Å². The van der Waals surface area contributed by atoms with Crippen LogP contribution in [-0.4, -0.2) is 21.9 Å². The van der Waals surface area contributed by atoms with Crippen LogP contribution >= 0.6 is 0 Å². The van der Waals surface area contributed by atoms with Gasteiger partial charge in [-0.3, -0.25) is 9.59 Å². The van der Waals surface area contributed by atoms with E-state index in [1.807, 2.05) is 0 Å². The Labute approximate surface area is 95.6 Å². The van der Waals surface area contributed by atoms with Crippen LogP contribution in [0.15, 0.2) is 42.5 Å². The molecular formula is C10H7N3O4. The molecule has 0 aromatic heterocycles. The Hall–Kier alpha value is -2.70. The zero-order chi connectivity index (χ0) is 12.4. The number of hydrogen-bond acceptors (Lipinski definition) is 4. The van der Waals surface area contributed by atoms with Gasteiger partial charge in [0.05, 0.1) is 0 Å². The molecule has 0 atom stereocenters. The maximum atomic E-state index is 11.4. The maximum Gasteiger partial charge on any atom is 0.277 e. The Morgan fingerprint density at radius 2 is 1.59 bits per heavy atom. The van der Waals surface area contributed by atoms with Gasteiger partial charge in [0.15, 0.2) is 5.03 Å². The number of para-hydroxylation sites is 1. The highest BCUT2D eigenvalue weighted by Crippen LogP contribution is 2.18. The maximum absolute atomic E-state index is 11.4. The molecule has 2 rings (SSSR count). The standard InChI is InChI=1S/C10H7N3O4/c14-9-6-7-10(15)11(9)12(13(16)17)8-4-2-1-3-5-8/h1-7H. The average Bonchev–Trinajstić information content (AvgIpc) is 2.62. The first-order chi connectivity index (χ1) is 8.11. The molecule has 0 unspecified atom stereocenters. The number of imide groups is 1. The van der Waals surface area contributed by atoms with E-state index >= 15 is 0 Å². The van der Waals surface area contributed by atoms with E-state index in [1.165, 1.54) is 12.1 Å². The molecule has 1 heterocycles. The normalized spacial score (nSPS) is 14.2. The molecule has 0 aliphatic carbocycles. The summed E-state index contributed by atoms with van der Waals surface area (Å²) in [6, 6.07) is 7.69. The fourth-order valence-electron chi connectivity index (χ4n) is 1.42. The van der Waals surface area contributed by atoms with Crippen molar-refractivity contribution in [1.82, 2.24) is 5.01 Å². The molecule has 2 amide bonds. The summed E-state index contributed by atoms with van der Waals surface area (Å²) in [5, 5.41) is 11.0. The van der Waals surface area contributed by atoms with Gasteiger partial charge in [-0.05, 0) is 12.1 Å². The van der Waals surface area contributed by atoms with Gasteiger partial charge in [-0.15, -0.1) is 5.01 Å². The SMILES string of the molecule is O=C1C=CC(=O)N1N(c1ccccc1)[N+](=O)[O-]. The molecule has 0 fully saturated rings. The molecule has 0 N–H and O–H groups in total. The predicted molar refractivity (Wildman–Crippen MR) is 56.9 cm³/mol. The average molecular weight is 233 g/mol. The first kappa shape index (κ1) is 10.8. The topological polar surface area (TPSA) is 83.8 Å². The van der Waals surface area contributed by atoms with Crippen LogP contribution in [0.25, 0.3) is 0 Å². The Morgan fingerprint density at radius 3 is 2.06 bits per heavy atom. The Bertz CT molecular complexity index is 494. The highest BCUT2D eigenvalue weighted by atomic mass is 16.7. The zero-order valence-corrected chi connectivity index (χ0v) is 8.52. The van der Waals surface area contributed by atoms with E-state index in [1.54, 1.807) is 18.2 Å². The molecule has 0 saturated carbocycles. The van der Waals surface area contributed by atoms with Crippen molar-refractivity contribution < 1.29 is 14.6 Å². The van der Waals surface area contributed by atoms with Crippen LogP contribution in [0.1, 0.15) is 0 Å². The fourth-order valence-corrected chi connectivity index (χ4v) is 1.42. The van der Waals surface area contributed by atoms with Crippen molar-refractivity contribution in [2.24, 2.45) is 0 Å². The second kappa shape index (κ2) is 4.05. The van der Waals surface area contributed by atoms with E-state index in [2.05, 4.69) is 0 Å². The lowest BCUT2D eigenvalue weighted by Crippen LogP contribution is -2.50. The molecule has 0 spiro atoms. The lowest BCUT2D eigenvalue weighted by molar-refractivity contribution is -0.515. The molecule has 1 aliphatic heterocycles. The summed E-state index contributed by atoms with van der Waals surface area (Å²) < 4.78 is 0. The lowest BCUT2D eigenvalue weighted by atomic mass is 10.3. The van der Waals surface area contributed by atoms with E-state index in [9.17, 15) is 19.7 Å². The first-order valence-corrected chi connectivity index (χ1v) is 4.67. The third-order valence-corrected chi connectivity index (χ3v) is 2.12. The van der Waals surface area contributed by atoms with Crippen molar-refractivity contribution in [3.63, 3.8) is 0 Å². The number of benzene rings is 1. The zero-order valence-electron chi connectivity index (χ0n) is 8.52. The second-order valence-corrected chi connectivity index (χ2v) is 3.18. The minimum Gasteiger partial charge on any atom is -0.267 e. The summed E-state index contributed by atoms with van der Waals surface area (Å²) in [5.41, 5.74) is 0.128. The van der Waals surface area contributed by atoms with Crippen LogP contribution in [0.4, 0.5) is 5.69 Å². The highest BCUT2D eigenvalue weighted by molar-refractivity contribution is 6.13. The molecule has 1 aromatic rings. The van der Waals surface area contributed by atoms with Gasteiger partial charge in [0.1, 0.15) is 5.69 Å². The minimum atomic E-state index is -0.821. The van der Waals surface area contributed by atoms with E-state index in [0.29, 0.717) is 10.1 Å². The molecule has 7 nitrogen and oxygen atoms in total. The van der Waals surface area contributed by atoms with Gasteiger partial charge in [-0.2, -0.15) is 0 Å². The molecule has 1 aromatic carbocycles. The van der Waals surface area contributed by atoms with Gasteiger partial charge < -0.3 is 0 Å². The third kappa shape index (κ3) is 1.85. The van der Waals surface area contributed by atoms with Crippen molar-refractivity contribution in [3.8, 4) is 0 Å². The summed E-state index contributed by atoms with van der Waals surface area (Å²) in [5.74, 6) is -1.48. The molecule has 1 aliphatic rings. The van der Waals surface area contributed by atoms with Crippen LogP contribution in [0.3, 0.4) is 0 Å². The summed E-state index contributed by atoms with van der Waals surface area (Å²) in [6.45, 7) is 0. The highest BCUT2D eigenvalue weighted by Gasteiger charge is 2.37. The van der Waals surface area contributed by atoms with Crippen LogP contribution in [0.5, 0.6) is 0 Å². The quantitative estimate of drug-likeness (QED) is 0.432. The molecule has 17 heavy (non-hydrogen) atoms.